The Bertz CT molecular complexity index is 359. The van der Waals surface area contributed by atoms with Gasteiger partial charge in [0.2, 0.25) is 0 Å². The number of hydrogen-bond acceptors (Lipinski definition) is 6. The molecule has 6 heteroatoms. The van der Waals surface area contributed by atoms with Gasteiger partial charge in [0.15, 0.2) is 5.16 Å². The second kappa shape index (κ2) is 4.47. The smallest absolute Gasteiger partial charge is 0.191 e. The van der Waals surface area contributed by atoms with Crippen molar-refractivity contribution < 1.29 is 5.11 Å². The lowest BCUT2D eigenvalue weighted by atomic mass is 10.3. The second-order valence-corrected chi connectivity index (χ2v) is 4.71. The molecule has 1 fully saturated rings. The summed E-state index contributed by atoms with van der Waals surface area (Å²) in [6.07, 6.45) is 3.94. The largest absolute Gasteiger partial charge is 0.394 e. The van der Waals surface area contributed by atoms with E-state index in [1.54, 1.807) is 0 Å². The summed E-state index contributed by atoms with van der Waals surface area (Å²) >= 11 is 1.50. The standard InChI is InChI=1S/C10H16N4OS/c1-11-7-5-8(13-9(12-7)16-2)14-10(6-15)3-4-10/h5,15H,3-4,6H2,1-2H3,(H2,11,12,13,14). The van der Waals surface area contributed by atoms with Gasteiger partial charge in [-0.05, 0) is 19.1 Å². The quantitative estimate of drug-likeness (QED) is 0.530. The molecule has 16 heavy (non-hydrogen) atoms. The first-order valence-electron chi connectivity index (χ1n) is 5.21. The van der Waals surface area contributed by atoms with Gasteiger partial charge in [0.1, 0.15) is 11.6 Å². The molecule has 1 aliphatic rings. The van der Waals surface area contributed by atoms with Gasteiger partial charge in [-0.15, -0.1) is 0 Å². The fourth-order valence-electron chi connectivity index (χ4n) is 1.45. The molecule has 0 aromatic carbocycles. The van der Waals surface area contributed by atoms with Gasteiger partial charge in [0, 0.05) is 13.1 Å². The molecule has 2 rings (SSSR count). The lowest BCUT2D eigenvalue weighted by molar-refractivity contribution is 0.266. The molecule has 0 bridgehead atoms. The number of aliphatic hydroxyl groups excluding tert-OH is 1. The first-order valence-corrected chi connectivity index (χ1v) is 6.44. The summed E-state index contributed by atoms with van der Waals surface area (Å²) in [6.45, 7) is 0.153. The maximum absolute atomic E-state index is 9.24. The van der Waals surface area contributed by atoms with E-state index < -0.39 is 0 Å². The number of aliphatic hydroxyl groups is 1. The third-order valence-electron chi connectivity index (χ3n) is 2.69. The van der Waals surface area contributed by atoms with E-state index in [4.69, 9.17) is 0 Å². The zero-order valence-electron chi connectivity index (χ0n) is 9.45. The Hall–Kier alpha value is -1.01. The fourth-order valence-corrected chi connectivity index (χ4v) is 1.83. The zero-order chi connectivity index (χ0) is 11.6. The van der Waals surface area contributed by atoms with Crippen LogP contribution in [0.4, 0.5) is 11.6 Å². The number of nitrogens with one attached hydrogen (secondary N) is 2. The van der Waals surface area contributed by atoms with Crippen LogP contribution in [0, 0.1) is 0 Å². The Labute approximate surface area is 99.1 Å². The summed E-state index contributed by atoms with van der Waals surface area (Å²) in [7, 11) is 1.83. The van der Waals surface area contributed by atoms with Crippen molar-refractivity contribution in [1.82, 2.24) is 9.97 Å². The van der Waals surface area contributed by atoms with Gasteiger partial charge in [-0.2, -0.15) is 0 Å². The van der Waals surface area contributed by atoms with Crippen LogP contribution in [0.25, 0.3) is 0 Å². The van der Waals surface area contributed by atoms with Crippen molar-refractivity contribution in [3.63, 3.8) is 0 Å². The lowest BCUT2D eigenvalue weighted by Gasteiger charge is -2.15. The van der Waals surface area contributed by atoms with Crippen LogP contribution in [0.15, 0.2) is 11.2 Å². The van der Waals surface area contributed by atoms with Crippen molar-refractivity contribution in [2.75, 3.05) is 30.5 Å². The summed E-state index contributed by atoms with van der Waals surface area (Å²) in [4.78, 5) is 8.65. The summed E-state index contributed by atoms with van der Waals surface area (Å²) in [5.41, 5.74) is -0.144. The van der Waals surface area contributed by atoms with E-state index in [1.807, 2.05) is 19.4 Å². The molecule has 1 aromatic rings. The first-order chi connectivity index (χ1) is 7.71. The SMILES string of the molecule is CNc1cc(NC2(CO)CC2)nc(SC)n1. The molecule has 0 saturated heterocycles. The predicted octanol–water partition coefficient (Wildman–Crippen LogP) is 1.18. The Morgan fingerprint density at radius 2 is 2.12 bits per heavy atom. The number of thioether (sulfide) groups is 1. The molecule has 1 aliphatic carbocycles. The van der Waals surface area contributed by atoms with Crippen molar-refractivity contribution in [3.05, 3.63) is 6.07 Å². The highest BCUT2D eigenvalue weighted by Crippen LogP contribution is 2.38. The van der Waals surface area contributed by atoms with E-state index in [-0.39, 0.29) is 12.1 Å². The molecule has 88 valence electrons. The van der Waals surface area contributed by atoms with Crippen LogP contribution in [0.1, 0.15) is 12.8 Å². The molecular formula is C10H16N4OS. The molecule has 5 nitrogen and oxygen atoms in total. The van der Waals surface area contributed by atoms with Crippen LogP contribution in [-0.4, -0.2) is 40.5 Å². The zero-order valence-corrected chi connectivity index (χ0v) is 10.3. The molecule has 0 atom stereocenters. The van der Waals surface area contributed by atoms with Gasteiger partial charge in [-0.25, -0.2) is 9.97 Å². The van der Waals surface area contributed by atoms with Crippen molar-refractivity contribution in [2.45, 2.75) is 23.5 Å². The van der Waals surface area contributed by atoms with Crippen LogP contribution in [0.3, 0.4) is 0 Å². The van der Waals surface area contributed by atoms with Gasteiger partial charge in [-0.1, -0.05) is 11.8 Å². The summed E-state index contributed by atoms with van der Waals surface area (Å²) in [5, 5.41) is 16.2. The van der Waals surface area contributed by atoms with Crippen molar-refractivity contribution in [2.24, 2.45) is 0 Å². The van der Waals surface area contributed by atoms with E-state index in [2.05, 4.69) is 20.6 Å². The number of rotatable bonds is 5. The lowest BCUT2D eigenvalue weighted by Crippen LogP contribution is -2.26. The molecule has 3 N–H and O–H groups in total. The third-order valence-corrected chi connectivity index (χ3v) is 3.24. The van der Waals surface area contributed by atoms with Gasteiger partial charge in [-0.3, -0.25) is 0 Å². The maximum atomic E-state index is 9.24. The average Bonchev–Trinajstić information content (AvgIpc) is 3.09. The van der Waals surface area contributed by atoms with Gasteiger partial charge in [0.25, 0.3) is 0 Å². The van der Waals surface area contributed by atoms with E-state index in [0.717, 1.165) is 29.6 Å². The van der Waals surface area contributed by atoms with Crippen molar-refractivity contribution in [3.8, 4) is 0 Å². The van der Waals surface area contributed by atoms with Crippen LogP contribution >= 0.6 is 11.8 Å². The van der Waals surface area contributed by atoms with Crippen LogP contribution in [0.5, 0.6) is 0 Å². The highest BCUT2D eigenvalue weighted by molar-refractivity contribution is 7.98. The predicted molar refractivity (Wildman–Crippen MR) is 66.0 cm³/mol. The van der Waals surface area contributed by atoms with E-state index >= 15 is 0 Å². The van der Waals surface area contributed by atoms with E-state index in [1.165, 1.54) is 11.8 Å². The third kappa shape index (κ3) is 2.38. The highest BCUT2D eigenvalue weighted by Gasteiger charge is 2.42. The number of hydrogen-bond donors (Lipinski definition) is 3. The highest BCUT2D eigenvalue weighted by atomic mass is 32.2. The Morgan fingerprint density at radius 3 is 2.62 bits per heavy atom. The molecule has 0 aliphatic heterocycles. The minimum absolute atomic E-state index is 0.144. The molecule has 0 spiro atoms. The molecule has 0 unspecified atom stereocenters. The molecule has 0 amide bonds. The van der Waals surface area contributed by atoms with Gasteiger partial charge < -0.3 is 15.7 Å². The monoisotopic (exact) mass is 240 g/mol. The minimum atomic E-state index is -0.144. The van der Waals surface area contributed by atoms with Crippen LogP contribution in [-0.2, 0) is 0 Å². The van der Waals surface area contributed by atoms with Crippen LogP contribution < -0.4 is 10.6 Å². The molecule has 0 radical (unpaired) electrons. The molecule has 1 heterocycles. The fraction of sp³-hybridized carbons (Fsp3) is 0.600. The molecule has 1 aromatic heterocycles. The Kier molecular flexibility index (Phi) is 3.20. The second-order valence-electron chi connectivity index (χ2n) is 3.94. The van der Waals surface area contributed by atoms with Gasteiger partial charge in [0.05, 0.1) is 12.1 Å². The van der Waals surface area contributed by atoms with Crippen molar-refractivity contribution in [1.29, 1.82) is 0 Å². The number of nitrogens with zero attached hydrogens (tertiary/aromatic N) is 2. The summed E-state index contributed by atoms with van der Waals surface area (Å²) < 4.78 is 0. The van der Waals surface area contributed by atoms with E-state index in [0.29, 0.717) is 0 Å². The normalized spacial score (nSPS) is 16.9. The average molecular weight is 240 g/mol. The summed E-state index contributed by atoms with van der Waals surface area (Å²) in [5.74, 6) is 1.56. The van der Waals surface area contributed by atoms with Crippen molar-refractivity contribution >= 4 is 23.4 Å². The minimum Gasteiger partial charge on any atom is -0.394 e. The Balaban J connectivity index is 2.19. The Morgan fingerprint density at radius 1 is 1.44 bits per heavy atom. The van der Waals surface area contributed by atoms with E-state index in [9.17, 15) is 5.11 Å². The topological polar surface area (TPSA) is 70.1 Å². The van der Waals surface area contributed by atoms with Crippen LogP contribution in [0.2, 0.25) is 0 Å². The maximum Gasteiger partial charge on any atom is 0.191 e. The molecule has 1 saturated carbocycles. The first kappa shape index (κ1) is 11.5. The number of anilines is 2. The molecular weight excluding hydrogens is 224 g/mol. The number of aromatic nitrogens is 2. The summed E-state index contributed by atoms with van der Waals surface area (Å²) in [6, 6.07) is 1.86. The van der Waals surface area contributed by atoms with Gasteiger partial charge >= 0.3 is 0 Å².